The van der Waals surface area contributed by atoms with E-state index < -0.39 is 11.2 Å². The van der Waals surface area contributed by atoms with Gasteiger partial charge in [-0.15, -0.1) is 0 Å². The molecule has 0 radical (unpaired) electrons. The molecular weight excluding hydrogens is 298 g/mol. The van der Waals surface area contributed by atoms with Crippen LogP contribution in [-0.2, 0) is 10.3 Å². The van der Waals surface area contributed by atoms with Crippen LogP contribution in [0.1, 0.15) is 32.4 Å². The fraction of sp³-hybridized carbons (Fsp3) is 0.471. The maximum Gasteiger partial charge on any atom is 0.231 e. The lowest BCUT2D eigenvalue weighted by Crippen LogP contribution is -2.43. The molecule has 122 valence electrons. The van der Waals surface area contributed by atoms with E-state index in [1.165, 1.54) is 0 Å². The van der Waals surface area contributed by atoms with Crippen molar-refractivity contribution in [2.24, 2.45) is 0 Å². The van der Waals surface area contributed by atoms with Crippen molar-refractivity contribution >= 4 is 0 Å². The summed E-state index contributed by atoms with van der Waals surface area (Å²) < 4.78 is 21.8. The van der Waals surface area contributed by atoms with Gasteiger partial charge in [-0.1, -0.05) is 5.16 Å². The summed E-state index contributed by atoms with van der Waals surface area (Å²) in [6, 6.07) is 7.40. The minimum atomic E-state index is -1.05. The number of hydrogen-bond donors (Lipinski definition) is 1. The molecule has 0 bridgehead atoms. The highest BCUT2D eigenvalue weighted by atomic mass is 16.7. The lowest BCUT2D eigenvalue weighted by Gasteiger charge is -2.39. The van der Waals surface area contributed by atoms with E-state index in [2.05, 4.69) is 5.16 Å². The number of hydrogen-bond acceptors (Lipinski definition) is 6. The molecule has 2 aromatic rings. The highest BCUT2D eigenvalue weighted by Crippen LogP contribution is 2.41. The van der Waals surface area contributed by atoms with Crippen LogP contribution in [0.25, 0.3) is 11.3 Å². The highest BCUT2D eigenvalue weighted by molar-refractivity contribution is 5.64. The molecule has 23 heavy (non-hydrogen) atoms. The molecule has 1 fully saturated rings. The van der Waals surface area contributed by atoms with Crippen molar-refractivity contribution in [3.8, 4) is 22.8 Å². The van der Waals surface area contributed by atoms with Crippen LogP contribution in [-0.4, -0.2) is 29.3 Å². The molecule has 0 aliphatic carbocycles. The van der Waals surface area contributed by atoms with Gasteiger partial charge in [-0.25, -0.2) is 0 Å². The van der Waals surface area contributed by atoms with Crippen LogP contribution in [0.3, 0.4) is 0 Å². The summed E-state index contributed by atoms with van der Waals surface area (Å²) in [6.45, 7) is 4.65. The van der Waals surface area contributed by atoms with Crippen LogP contribution in [0.2, 0.25) is 0 Å². The number of ether oxygens (including phenoxy) is 3. The van der Waals surface area contributed by atoms with Crippen molar-refractivity contribution in [2.45, 2.75) is 37.9 Å². The second-order valence-corrected chi connectivity index (χ2v) is 6.71. The van der Waals surface area contributed by atoms with Gasteiger partial charge in [-0.05, 0) is 32.0 Å². The maximum atomic E-state index is 10.9. The summed E-state index contributed by atoms with van der Waals surface area (Å²) in [5.41, 5.74) is 0.0809. The Morgan fingerprint density at radius 2 is 1.96 bits per heavy atom. The molecule has 4 rings (SSSR count). The fourth-order valence-electron chi connectivity index (χ4n) is 3.24. The van der Waals surface area contributed by atoms with Crippen LogP contribution in [0.15, 0.2) is 28.8 Å². The standard InChI is InChI=1S/C17H19NO5/c1-16(2)9-17(19,5-6-22-16)15-8-12(18-23-15)11-3-4-13-14(7-11)21-10-20-13/h3-4,7-8,19H,5-6,9-10H2,1-2H3. The largest absolute Gasteiger partial charge is 0.454 e. The Hall–Kier alpha value is -2.05. The molecule has 1 atom stereocenters. The molecule has 1 saturated heterocycles. The minimum absolute atomic E-state index is 0.234. The third kappa shape index (κ3) is 2.58. The molecule has 0 saturated carbocycles. The smallest absolute Gasteiger partial charge is 0.231 e. The van der Waals surface area contributed by atoms with E-state index in [1.807, 2.05) is 32.0 Å². The van der Waals surface area contributed by atoms with E-state index in [0.717, 1.165) is 11.3 Å². The van der Waals surface area contributed by atoms with Crippen LogP contribution in [0.5, 0.6) is 11.5 Å². The Bertz CT molecular complexity index is 738. The van der Waals surface area contributed by atoms with E-state index in [0.29, 0.717) is 36.7 Å². The maximum absolute atomic E-state index is 10.9. The summed E-state index contributed by atoms with van der Waals surface area (Å²) in [7, 11) is 0. The molecule has 6 nitrogen and oxygen atoms in total. The van der Waals surface area contributed by atoms with E-state index in [4.69, 9.17) is 18.7 Å². The molecule has 1 unspecified atom stereocenters. The van der Waals surface area contributed by atoms with E-state index in [-0.39, 0.29) is 6.79 Å². The average molecular weight is 317 g/mol. The quantitative estimate of drug-likeness (QED) is 0.918. The van der Waals surface area contributed by atoms with E-state index >= 15 is 0 Å². The van der Waals surface area contributed by atoms with E-state index in [9.17, 15) is 5.11 Å². The second-order valence-electron chi connectivity index (χ2n) is 6.71. The van der Waals surface area contributed by atoms with Crippen molar-refractivity contribution in [1.29, 1.82) is 0 Å². The number of aliphatic hydroxyl groups is 1. The van der Waals surface area contributed by atoms with Crippen molar-refractivity contribution in [1.82, 2.24) is 5.16 Å². The third-order valence-corrected chi connectivity index (χ3v) is 4.36. The molecule has 2 aliphatic heterocycles. The molecule has 6 heteroatoms. The summed E-state index contributed by atoms with van der Waals surface area (Å²) in [6.07, 6.45) is 0.960. The first-order chi connectivity index (χ1) is 11.0. The Morgan fingerprint density at radius 3 is 2.78 bits per heavy atom. The van der Waals surface area contributed by atoms with Gasteiger partial charge in [0.2, 0.25) is 6.79 Å². The molecule has 3 heterocycles. The Balaban J connectivity index is 1.64. The number of rotatable bonds is 2. The van der Waals surface area contributed by atoms with Crippen LogP contribution in [0.4, 0.5) is 0 Å². The average Bonchev–Trinajstić information content (AvgIpc) is 3.14. The summed E-state index contributed by atoms with van der Waals surface area (Å²) >= 11 is 0. The van der Waals surface area contributed by atoms with Gasteiger partial charge in [0.15, 0.2) is 17.3 Å². The Kier molecular flexibility index (Phi) is 3.14. The zero-order valence-corrected chi connectivity index (χ0v) is 13.2. The van der Waals surface area contributed by atoms with Crippen LogP contribution in [0, 0.1) is 0 Å². The van der Waals surface area contributed by atoms with Gasteiger partial charge in [0.1, 0.15) is 11.3 Å². The zero-order chi connectivity index (χ0) is 16.1. The second kappa shape index (κ2) is 4.97. The minimum Gasteiger partial charge on any atom is -0.454 e. The number of fused-ring (bicyclic) bond motifs is 1. The van der Waals surface area contributed by atoms with Gasteiger partial charge in [0, 0.05) is 24.5 Å². The first kappa shape index (κ1) is 14.5. The molecular formula is C17H19NO5. The predicted octanol–water partition coefficient (Wildman–Crippen LogP) is 2.85. The van der Waals surface area contributed by atoms with Crippen molar-refractivity contribution < 1.29 is 23.8 Å². The SMILES string of the molecule is CC1(C)CC(O)(c2cc(-c3ccc4c(c3)OCO4)no2)CCO1. The normalized spacial score (nSPS) is 25.5. The van der Waals surface area contributed by atoms with Crippen molar-refractivity contribution in [3.05, 3.63) is 30.0 Å². The lowest BCUT2D eigenvalue weighted by molar-refractivity contribution is -0.156. The molecule has 1 aromatic heterocycles. The van der Waals surface area contributed by atoms with Gasteiger partial charge in [0.25, 0.3) is 0 Å². The van der Waals surface area contributed by atoms with Crippen molar-refractivity contribution in [2.75, 3.05) is 13.4 Å². The monoisotopic (exact) mass is 317 g/mol. The van der Waals surface area contributed by atoms with Gasteiger partial charge < -0.3 is 23.8 Å². The van der Waals surface area contributed by atoms with E-state index in [1.54, 1.807) is 6.07 Å². The van der Waals surface area contributed by atoms with Gasteiger partial charge >= 0.3 is 0 Å². The third-order valence-electron chi connectivity index (χ3n) is 4.36. The number of benzene rings is 1. The zero-order valence-electron chi connectivity index (χ0n) is 13.2. The van der Waals surface area contributed by atoms with Crippen LogP contribution >= 0.6 is 0 Å². The molecule has 0 amide bonds. The number of aromatic nitrogens is 1. The van der Waals surface area contributed by atoms with Crippen LogP contribution < -0.4 is 9.47 Å². The fourth-order valence-corrected chi connectivity index (χ4v) is 3.24. The summed E-state index contributed by atoms with van der Waals surface area (Å²) in [5, 5.41) is 15.0. The summed E-state index contributed by atoms with van der Waals surface area (Å²) in [5.74, 6) is 1.89. The van der Waals surface area contributed by atoms with Gasteiger partial charge in [0.05, 0.1) is 12.2 Å². The molecule has 2 aliphatic rings. The molecule has 1 N–H and O–H groups in total. The predicted molar refractivity (Wildman–Crippen MR) is 81.2 cm³/mol. The lowest BCUT2D eigenvalue weighted by atomic mass is 9.82. The first-order valence-corrected chi connectivity index (χ1v) is 7.69. The Morgan fingerprint density at radius 1 is 1.13 bits per heavy atom. The van der Waals surface area contributed by atoms with Gasteiger partial charge in [-0.2, -0.15) is 0 Å². The molecule has 1 aromatic carbocycles. The van der Waals surface area contributed by atoms with Gasteiger partial charge in [-0.3, -0.25) is 0 Å². The Labute approximate surface area is 133 Å². The topological polar surface area (TPSA) is 74.0 Å². The summed E-state index contributed by atoms with van der Waals surface area (Å²) in [4.78, 5) is 0. The van der Waals surface area contributed by atoms with Crippen molar-refractivity contribution in [3.63, 3.8) is 0 Å². The molecule has 0 spiro atoms. The highest BCUT2D eigenvalue weighted by Gasteiger charge is 2.43. The number of nitrogens with zero attached hydrogens (tertiary/aromatic N) is 1. The first-order valence-electron chi connectivity index (χ1n) is 7.69.